The minimum absolute atomic E-state index is 0.140. The van der Waals surface area contributed by atoms with Crippen LogP contribution in [0.25, 0.3) is 11.3 Å². The predicted octanol–water partition coefficient (Wildman–Crippen LogP) is 2.57. The second-order valence-electron chi connectivity index (χ2n) is 4.04. The Morgan fingerprint density at radius 2 is 2.00 bits per heavy atom. The van der Waals surface area contributed by atoms with E-state index in [1.165, 1.54) is 12.1 Å². The van der Waals surface area contributed by atoms with Crippen molar-refractivity contribution >= 4 is 0 Å². The maximum absolute atomic E-state index is 12.0. The molecule has 0 radical (unpaired) electrons. The minimum atomic E-state index is -2.80. The van der Waals surface area contributed by atoms with Gasteiger partial charge in [0, 0.05) is 6.42 Å². The summed E-state index contributed by atoms with van der Waals surface area (Å²) in [6, 6.07) is 6.42. The first-order valence-corrected chi connectivity index (χ1v) is 5.98. The number of H-pyrrole nitrogens is 1. The first-order chi connectivity index (χ1) is 9.19. The van der Waals surface area contributed by atoms with E-state index in [0.29, 0.717) is 6.54 Å². The molecule has 0 aliphatic heterocycles. The third-order valence-corrected chi connectivity index (χ3v) is 2.64. The molecule has 1 heterocycles. The first-order valence-electron chi connectivity index (χ1n) is 5.98. The van der Waals surface area contributed by atoms with Crippen LogP contribution in [0, 0.1) is 0 Å². The largest absolute Gasteiger partial charge is 0.435 e. The molecular weight excluding hydrogens is 252 g/mol. The number of nitrogens with zero attached hydrogens (tertiary/aromatic N) is 1. The van der Waals surface area contributed by atoms with Gasteiger partial charge in [0.2, 0.25) is 0 Å². The monoisotopic (exact) mass is 267 g/mol. The van der Waals surface area contributed by atoms with Gasteiger partial charge in [0.05, 0.1) is 11.9 Å². The number of benzene rings is 1. The zero-order valence-electron chi connectivity index (χ0n) is 10.3. The Kier molecular flexibility index (Phi) is 4.46. The molecule has 0 atom stereocenters. The number of aromatic nitrogens is 2. The number of aromatic amines is 1. The second kappa shape index (κ2) is 6.29. The molecule has 0 bridgehead atoms. The fraction of sp³-hybridized carbons (Fsp3) is 0.308. The van der Waals surface area contributed by atoms with Crippen molar-refractivity contribution in [3.63, 3.8) is 0 Å². The van der Waals surface area contributed by atoms with Gasteiger partial charge >= 0.3 is 6.61 Å². The third kappa shape index (κ3) is 3.75. The van der Waals surface area contributed by atoms with E-state index in [1.807, 2.05) is 0 Å². The summed E-state index contributed by atoms with van der Waals surface area (Å²) in [5.41, 5.74) is 7.15. The van der Waals surface area contributed by atoms with Crippen molar-refractivity contribution in [1.82, 2.24) is 9.97 Å². The Labute approximate surface area is 109 Å². The fourth-order valence-corrected chi connectivity index (χ4v) is 1.72. The molecule has 0 unspecified atom stereocenters. The van der Waals surface area contributed by atoms with Crippen molar-refractivity contribution in [3.8, 4) is 17.0 Å². The lowest BCUT2D eigenvalue weighted by atomic mass is 10.2. The standard InChI is InChI=1S/C13H15F2N3O/c14-13(15)19-10-5-3-9(4-6-10)11-8-17-12(18-11)2-1-7-16/h3-6,8,13H,1-2,7,16H2,(H,17,18). The van der Waals surface area contributed by atoms with Gasteiger partial charge in [-0.1, -0.05) is 0 Å². The lowest BCUT2D eigenvalue weighted by Gasteiger charge is -2.04. The van der Waals surface area contributed by atoms with Crippen LogP contribution < -0.4 is 10.5 Å². The van der Waals surface area contributed by atoms with Crippen molar-refractivity contribution < 1.29 is 13.5 Å². The Bertz CT molecular complexity index is 511. The molecule has 2 rings (SSSR count). The number of aryl methyl sites for hydroxylation is 1. The molecule has 0 fully saturated rings. The van der Waals surface area contributed by atoms with Gasteiger partial charge in [-0.3, -0.25) is 0 Å². The van der Waals surface area contributed by atoms with Crippen LogP contribution in [-0.2, 0) is 6.42 Å². The van der Waals surface area contributed by atoms with Crippen LogP contribution in [-0.4, -0.2) is 23.1 Å². The molecule has 102 valence electrons. The number of alkyl halides is 2. The molecule has 4 nitrogen and oxygen atoms in total. The summed E-state index contributed by atoms with van der Waals surface area (Å²) in [4.78, 5) is 7.41. The van der Waals surface area contributed by atoms with Gasteiger partial charge in [-0.15, -0.1) is 0 Å². The quantitative estimate of drug-likeness (QED) is 0.845. The number of imidazole rings is 1. The molecule has 0 spiro atoms. The number of nitrogens with one attached hydrogen (secondary N) is 1. The summed E-state index contributed by atoms with van der Waals surface area (Å²) in [7, 11) is 0. The SMILES string of the molecule is NCCCc1ncc(-c2ccc(OC(F)F)cc2)[nH]1. The Morgan fingerprint density at radius 1 is 1.26 bits per heavy atom. The van der Waals surface area contributed by atoms with Crippen LogP contribution in [0.3, 0.4) is 0 Å². The molecule has 0 saturated carbocycles. The normalized spacial score (nSPS) is 10.9. The molecular formula is C13H15F2N3O. The maximum Gasteiger partial charge on any atom is 0.387 e. The second-order valence-corrected chi connectivity index (χ2v) is 4.04. The summed E-state index contributed by atoms with van der Waals surface area (Å²) in [6.45, 7) is -2.18. The van der Waals surface area contributed by atoms with Gasteiger partial charge in [0.25, 0.3) is 0 Å². The van der Waals surface area contributed by atoms with Crippen molar-refractivity contribution in [3.05, 3.63) is 36.3 Å². The summed E-state index contributed by atoms with van der Waals surface area (Å²) in [5, 5.41) is 0. The minimum Gasteiger partial charge on any atom is -0.435 e. The van der Waals surface area contributed by atoms with Crippen LogP contribution in [0.4, 0.5) is 8.78 Å². The number of rotatable bonds is 6. The van der Waals surface area contributed by atoms with Gasteiger partial charge in [-0.25, -0.2) is 4.98 Å². The molecule has 0 saturated heterocycles. The molecule has 1 aromatic heterocycles. The van der Waals surface area contributed by atoms with E-state index < -0.39 is 6.61 Å². The number of ether oxygens (including phenoxy) is 1. The Hall–Kier alpha value is -1.95. The van der Waals surface area contributed by atoms with Crippen molar-refractivity contribution in [2.45, 2.75) is 19.5 Å². The average molecular weight is 267 g/mol. The van der Waals surface area contributed by atoms with Gasteiger partial charge < -0.3 is 15.5 Å². The van der Waals surface area contributed by atoms with Gasteiger partial charge in [0.15, 0.2) is 0 Å². The maximum atomic E-state index is 12.0. The summed E-state index contributed by atoms with van der Waals surface area (Å²) < 4.78 is 28.3. The summed E-state index contributed by atoms with van der Waals surface area (Å²) >= 11 is 0. The number of hydrogen-bond acceptors (Lipinski definition) is 3. The summed E-state index contributed by atoms with van der Waals surface area (Å²) in [6.07, 6.45) is 3.38. The van der Waals surface area contributed by atoms with E-state index in [4.69, 9.17) is 5.73 Å². The smallest absolute Gasteiger partial charge is 0.387 e. The highest BCUT2D eigenvalue weighted by Crippen LogP contribution is 2.22. The van der Waals surface area contributed by atoms with Crippen LogP contribution in [0.1, 0.15) is 12.2 Å². The predicted molar refractivity (Wildman–Crippen MR) is 68.0 cm³/mol. The molecule has 1 aromatic carbocycles. The van der Waals surface area contributed by atoms with E-state index in [9.17, 15) is 8.78 Å². The van der Waals surface area contributed by atoms with Gasteiger partial charge in [0.1, 0.15) is 11.6 Å². The van der Waals surface area contributed by atoms with E-state index in [-0.39, 0.29) is 5.75 Å². The van der Waals surface area contributed by atoms with E-state index >= 15 is 0 Å². The van der Waals surface area contributed by atoms with Gasteiger partial charge in [-0.05, 0) is 42.8 Å². The number of nitrogens with two attached hydrogens (primary N) is 1. The van der Waals surface area contributed by atoms with Crippen LogP contribution in [0.15, 0.2) is 30.5 Å². The Morgan fingerprint density at radius 3 is 2.63 bits per heavy atom. The molecule has 0 amide bonds. The highest BCUT2D eigenvalue weighted by atomic mass is 19.3. The van der Waals surface area contributed by atoms with Crippen LogP contribution >= 0.6 is 0 Å². The molecule has 3 N–H and O–H groups in total. The van der Waals surface area contributed by atoms with Crippen LogP contribution in [0.5, 0.6) is 5.75 Å². The highest BCUT2D eigenvalue weighted by Gasteiger charge is 2.06. The summed E-state index contributed by atoms with van der Waals surface area (Å²) in [5.74, 6) is 1.01. The third-order valence-electron chi connectivity index (χ3n) is 2.64. The van der Waals surface area contributed by atoms with Gasteiger partial charge in [-0.2, -0.15) is 8.78 Å². The number of hydrogen-bond donors (Lipinski definition) is 2. The van der Waals surface area contributed by atoms with E-state index in [0.717, 1.165) is 29.9 Å². The lowest BCUT2D eigenvalue weighted by Crippen LogP contribution is -2.01. The molecule has 0 aliphatic carbocycles. The van der Waals surface area contributed by atoms with E-state index in [2.05, 4.69) is 14.7 Å². The van der Waals surface area contributed by atoms with Crippen LogP contribution in [0.2, 0.25) is 0 Å². The average Bonchev–Trinajstić information content (AvgIpc) is 2.85. The van der Waals surface area contributed by atoms with Crippen molar-refractivity contribution in [2.24, 2.45) is 5.73 Å². The number of halogens is 2. The van der Waals surface area contributed by atoms with E-state index in [1.54, 1.807) is 18.3 Å². The molecule has 0 aliphatic rings. The zero-order valence-corrected chi connectivity index (χ0v) is 10.3. The molecule has 6 heteroatoms. The fourth-order valence-electron chi connectivity index (χ4n) is 1.72. The molecule has 19 heavy (non-hydrogen) atoms. The lowest BCUT2D eigenvalue weighted by molar-refractivity contribution is -0.0498. The molecule has 2 aromatic rings. The van der Waals surface area contributed by atoms with Crippen molar-refractivity contribution in [1.29, 1.82) is 0 Å². The topological polar surface area (TPSA) is 63.9 Å². The highest BCUT2D eigenvalue weighted by molar-refractivity contribution is 5.59. The first kappa shape index (κ1) is 13.5. The Balaban J connectivity index is 2.07. The van der Waals surface area contributed by atoms with Crippen molar-refractivity contribution in [2.75, 3.05) is 6.54 Å². The zero-order chi connectivity index (χ0) is 13.7.